The van der Waals surface area contributed by atoms with Gasteiger partial charge in [0.1, 0.15) is 5.75 Å². The van der Waals surface area contributed by atoms with Gasteiger partial charge in [-0.3, -0.25) is 4.79 Å². The molecule has 1 aromatic heterocycles. The summed E-state index contributed by atoms with van der Waals surface area (Å²) in [5.41, 5.74) is 1.95. The molecule has 1 amide bonds. The summed E-state index contributed by atoms with van der Waals surface area (Å²) in [7, 11) is 1.53. The molecule has 0 saturated heterocycles. The van der Waals surface area contributed by atoms with E-state index in [4.69, 9.17) is 4.74 Å². The van der Waals surface area contributed by atoms with Crippen molar-refractivity contribution in [3.8, 4) is 28.3 Å². The molecule has 0 aliphatic heterocycles. The van der Waals surface area contributed by atoms with Crippen LogP contribution in [0, 0.1) is 0 Å². The quantitative estimate of drug-likeness (QED) is 0.435. The largest absolute Gasteiger partial charge is 0.497 e. The van der Waals surface area contributed by atoms with E-state index in [1.54, 1.807) is 42.5 Å². The number of halogens is 7. The summed E-state index contributed by atoms with van der Waals surface area (Å²) in [6.45, 7) is 0. The van der Waals surface area contributed by atoms with Crippen molar-refractivity contribution in [1.82, 2.24) is 4.98 Å². The van der Waals surface area contributed by atoms with Crippen LogP contribution in [0.15, 0.2) is 66.7 Å². The average Bonchev–Trinajstić information content (AvgIpc) is 2.79. The van der Waals surface area contributed by atoms with Gasteiger partial charge in [-0.25, -0.2) is 4.98 Å². The number of methoxy groups -OCH3 is 1. The molecule has 11 heteroatoms. The third-order valence-corrected chi connectivity index (χ3v) is 4.61. The van der Waals surface area contributed by atoms with Crippen LogP contribution in [0.25, 0.3) is 22.5 Å². The number of carbonyl (C=O) groups excluding carboxylic acids is 1. The van der Waals surface area contributed by atoms with Gasteiger partial charge < -0.3 is 10.1 Å². The molecular weight excluding hydrogens is 457 g/mol. The highest BCUT2D eigenvalue weighted by Gasteiger charge is 2.76. The van der Waals surface area contributed by atoms with E-state index >= 15 is 0 Å². The van der Waals surface area contributed by atoms with Gasteiger partial charge in [0.2, 0.25) is 0 Å². The fourth-order valence-electron chi connectivity index (χ4n) is 2.77. The lowest BCUT2D eigenvalue weighted by atomic mass is 10.1. The fourth-order valence-corrected chi connectivity index (χ4v) is 2.77. The fraction of sp³-hybridized carbons (Fsp3) is 0.182. The Morgan fingerprint density at radius 2 is 1.27 bits per heavy atom. The predicted molar refractivity (Wildman–Crippen MR) is 106 cm³/mol. The van der Waals surface area contributed by atoms with Crippen molar-refractivity contribution >= 4 is 11.6 Å². The molecule has 33 heavy (non-hydrogen) atoms. The molecule has 3 aromatic rings. The first-order valence-electron chi connectivity index (χ1n) is 9.22. The Morgan fingerprint density at radius 1 is 0.788 bits per heavy atom. The number of pyridine rings is 1. The highest BCUT2D eigenvalue weighted by atomic mass is 19.4. The van der Waals surface area contributed by atoms with Gasteiger partial charge in [-0.05, 0) is 48.5 Å². The van der Waals surface area contributed by atoms with Crippen molar-refractivity contribution in [2.24, 2.45) is 0 Å². The van der Waals surface area contributed by atoms with E-state index in [2.05, 4.69) is 4.98 Å². The highest BCUT2D eigenvalue weighted by molar-refractivity contribution is 5.97. The summed E-state index contributed by atoms with van der Waals surface area (Å²) in [4.78, 5) is 16.0. The summed E-state index contributed by atoms with van der Waals surface area (Å²) in [5, 5.41) is 1.39. The molecular formula is C22H15F7N2O2. The molecule has 1 heterocycles. The minimum absolute atomic E-state index is 0.396. The van der Waals surface area contributed by atoms with Crippen LogP contribution in [-0.2, 0) is 4.79 Å². The van der Waals surface area contributed by atoms with Crippen molar-refractivity contribution in [1.29, 1.82) is 0 Å². The van der Waals surface area contributed by atoms with Crippen molar-refractivity contribution in [3.63, 3.8) is 0 Å². The number of hydrogen-bond donors (Lipinski definition) is 1. The third-order valence-electron chi connectivity index (χ3n) is 4.61. The molecule has 0 fully saturated rings. The van der Waals surface area contributed by atoms with Gasteiger partial charge in [-0.15, -0.1) is 0 Å². The van der Waals surface area contributed by atoms with Crippen LogP contribution in [0.1, 0.15) is 0 Å². The van der Waals surface area contributed by atoms with Gasteiger partial charge in [0.25, 0.3) is 0 Å². The Labute approximate surface area is 183 Å². The molecule has 1 N–H and O–H groups in total. The number of anilines is 1. The van der Waals surface area contributed by atoms with Crippen molar-refractivity contribution in [2.45, 2.75) is 18.0 Å². The van der Waals surface area contributed by atoms with E-state index in [1.807, 2.05) is 0 Å². The summed E-state index contributed by atoms with van der Waals surface area (Å²) < 4.78 is 94.8. The molecule has 0 spiro atoms. The zero-order chi connectivity index (χ0) is 24.4. The van der Waals surface area contributed by atoms with E-state index < -0.39 is 29.6 Å². The van der Waals surface area contributed by atoms with Crippen LogP contribution in [0.3, 0.4) is 0 Å². The molecule has 2 aromatic carbocycles. The van der Waals surface area contributed by atoms with E-state index in [0.29, 0.717) is 22.7 Å². The molecule has 0 saturated carbocycles. The SMILES string of the molecule is COc1ccc(-c2cccc(-c3ccc(NC(=O)C(F)(F)C(F)(F)C(F)(F)F)cc3)n2)cc1. The molecule has 0 atom stereocenters. The maximum Gasteiger partial charge on any atom is 0.460 e. The van der Waals surface area contributed by atoms with Gasteiger partial charge in [-0.1, -0.05) is 18.2 Å². The minimum atomic E-state index is -6.60. The number of aromatic nitrogens is 1. The van der Waals surface area contributed by atoms with Crippen molar-refractivity contribution < 1.29 is 40.3 Å². The van der Waals surface area contributed by atoms with E-state index in [9.17, 15) is 35.5 Å². The first kappa shape index (κ1) is 24.0. The molecule has 0 aliphatic rings. The zero-order valence-corrected chi connectivity index (χ0v) is 16.8. The number of nitrogens with one attached hydrogen (secondary N) is 1. The van der Waals surface area contributed by atoms with Crippen molar-refractivity contribution in [2.75, 3.05) is 12.4 Å². The number of alkyl halides is 7. The summed E-state index contributed by atoms with van der Waals surface area (Å²) in [6, 6.07) is 17.1. The lowest BCUT2D eigenvalue weighted by Crippen LogP contribution is -2.57. The zero-order valence-electron chi connectivity index (χ0n) is 16.8. The maximum absolute atomic E-state index is 13.5. The summed E-state index contributed by atoms with van der Waals surface area (Å²) >= 11 is 0. The maximum atomic E-state index is 13.5. The third kappa shape index (κ3) is 4.76. The van der Waals surface area contributed by atoms with Gasteiger partial charge >= 0.3 is 23.9 Å². The molecule has 0 bridgehead atoms. The van der Waals surface area contributed by atoms with Crippen LogP contribution in [-0.4, -0.2) is 36.0 Å². The highest BCUT2D eigenvalue weighted by Crippen LogP contribution is 2.46. The lowest BCUT2D eigenvalue weighted by molar-refractivity contribution is -0.343. The predicted octanol–water partition coefficient (Wildman–Crippen LogP) is 6.20. The second-order valence-electron chi connectivity index (χ2n) is 6.81. The van der Waals surface area contributed by atoms with Crippen LogP contribution in [0.5, 0.6) is 5.75 Å². The van der Waals surface area contributed by atoms with Crippen LogP contribution >= 0.6 is 0 Å². The minimum Gasteiger partial charge on any atom is -0.497 e. The Morgan fingerprint density at radius 3 is 1.73 bits per heavy atom. The van der Waals surface area contributed by atoms with Crippen LogP contribution in [0.2, 0.25) is 0 Å². The number of carbonyl (C=O) groups is 1. The lowest BCUT2D eigenvalue weighted by Gasteiger charge is -2.27. The van der Waals surface area contributed by atoms with Crippen LogP contribution in [0.4, 0.5) is 36.4 Å². The monoisotopic (exact) mass is 472 g/mol. The Balaban J connectivity index is 1.79. The Bertz CT molecular complexity index is 1130. The van der Waals surface area contributed by atoms with Gasteiger partial charge in [0, 0.05) is 16.8 Å². The molecule has 3 rings (SSSR count). The number of ether oxygens (including phenoxy) is 1. The Hall–Kier alpha value is -3.63. The second kappa shape index (κ2) is 8.72. The van der Waals surface area contributed by atoms with Gasteiger partial charge in [0.05, 0.1) is 18.5 Å². The summed E-state index contributed by atoms with van der Waals surface area (Å²) in [6.07, 6.45) is -6.60. The van der Waals surface area contributed by atoms with Gasteiger partial charge in [0.15, 0.2) is 0 Å². The smallest absolute Gasteiger partial charge is 0.460 e. The molecule has 0 unspecified atom stereocenters. The number of amides is 1. The summed E-state index contributed by atoms with van der Waals surface area (Å²) in [5.74, 6) is -14.7. The molecule has 0 radical (unpaired) electrons. The standard InChI is InChI=1S/C22H15F7N2O2/c1-33-16-11-7-14(8-12-16)18-4-2-3-17(31-18)13-5-9-15(10-6-13)30-19(32)20(23,24)21(25,26)22(27,28)29/h2-12H,1H3,(H,30,32). The van der Waals surface area contributed by atoms with Crippen LogP contribution < -0.4 is 10.1 Å². The molecule has 0 aliphatic carbocycles. The molecule has 4 nitrogen and oxygen atoms in total. The van der Waals surface area contributed by atoms with E-state index in [0.717, 1.165) is 17.7 Å². The Kier molecular flexibility index (Phi) is 6.35. The van der Waals surface area contributed by atoms with Gasteiger partial charge in [-0.2, -0.15) is 30.7 Å². The normalized spacial score (nSPS) is 12.4. The first-order chi connectivity index (χ1) is 15.4. The number of rotatable bonds is 6. The average molecular weight is 472 g/mol. The number of nitrogens with zero attached hydrogens (tertiary/aromatic N) is 1. The molecule has 174 valence electrons. The number of benzene rings is 2. The van der Waals surface area contributed by atoms with Crippen molar-refractivity contribution in [3.05, 3.63) is 66.7 Å². The topological polar surface area (TPSA) is 51.2 Å². The first-order valence-corrected chi connectivity index (χ1v) is 9.22. The second-order valence-corrected chi connectivity index (χ2v) is 6.81. The number of hydrogen-bond acceptors (Lipinski definition) is 3. The van der Waals surface area contributed by atoms with E-state index in [1.165, 1.54) is 24.6 Å². The van der Waals surface area contributed by atoms with E-state index in [-0.39, 0.29) is 0 Å².